The molecule has 1 spiro atoms. The highest BCUT2D eigenvalue weighted by Crippen LogP contribution is 2.70. The maximum Gasteiger partial charge on any atom is 0.229 e. The quantitative estimate of drug-likeness (QED) is 0.412. The Kier molecular flexibility index (Phi) is 8.01. The van der Waals surface area contributed by atoms with Crippen LogP contribution in [0.2, 0.25) is 0 Å². The third kappa shape index (κ3) is 4.99. The van der Waals surface area contributed by atoms with Crippen molar-refractivity contribution in [3.63, 3.8) is 0 Å². The predicted molar refractivity (Wildman–Crippen MR) is 169 cm³/mol. The second kappa shape index (κ2) is 11.3. The van der Waals surface area contributed by atoms with Gasteiger partial charge in [-0.05, 0) is 119 Å². The van der Waals surface area contributed by atoms with Crippen LogP contribution in [0.25, 0.3) is 0 Å². The van der Waals surface area contributed by atoms with Crippen LogP contribution in [0.15, 0.2) is 0 Å². The highest BCUT2D eigenvalue weighted by molar-refractivity contribution is 5.97. The first-order valence-corrected chi connectivity index (χ1v) is 18.2. The van der Waals surface area contributed by atoms with Crippen LogP contribution < -0.4 is 16.0 Å². The summed E-state index contributed by atoms with van der Waals surface area (Å²) in [5.41, 5.74) is -0.381. The van der Waals surface area contributed by atoms with Gasteiger partial charge in [0.05, 0.1) is 6.10 Å². The molecule has 0 aromatic heterocycles. The zero-order valence-electron chi connectivity index (χ0n) is 28.0. The summed E-state index contributed by atoms with van der Waals surface area (Å²) in [6.45, 7) is 12.5. The first kappa shape index (κ1) is 31.1. The number of ketones is 1. The van der Waals surface area contributed by atoms with E-state index in [0.717, 1.165) is 64.6 Å². The number of amides is 2. The lowest BCUT2D eigenvalue weighted by atomic mass is 9.44. The summed E-state index contributed by atoms with van der Waals surface area (Å²) in [5.74, 6) is 3.51. The van der Waals surface area contributed by atoms with E-state index in [1.54, 1.807) is 0 Å². The van der Waals surface area contributed by atoms with E-state index in [-0.39, 0.29) is 53.0 Å². The van der Waals surface area contributed by atoms with Crippen molar-refractivity contribution in [3.8, 4) is 0 Å². The van der Waals surface area contributed by atoms with Crippen LogP contribution in [-0.4, -0.2) is 73.1 Å². The van der Waals surface area contributed by atoms with Crippen molar-refractivity contribution in [2.24, 2.45) is 52.3 Å². The molecule has 0 bridgehead atoms. The lowest BCUT2D eigenvalue weighted by molar-refractivity contribution is -0.160. The van der Waals surface area contributed by atoms with Crippen molar-refractivity contribution in [2.75, 3.05) is 26.7 Å². The lowest BCUT2D eigenvalue weighted by Gasteiger charge is -2.60. The first-order chi connectivity index (χ1) is 20.9. The Morgan fingerprint density at radius 1 is 0.932 bits per heavy atom. The summed E-state index contributed by atoms with van der Waals surface area (Å²) in [6, 6.07) is 0.306. The maximum atomic E-state index is 14.4. The second-order valence-corrected chi connectivity index (χ2v) is 17.0. The van der Waals surface area contributed by atoms with E-state index in [4.69, 9.17) is 4.74 Å². The molecule has 3 aliphatic heterocycles. The minimum absolute atomic E-state index is 0.0805. The molecule has 3 saturated heterocycles. The van der Waals surface area contributed by atoms with E-state index >= 15 is 0 Å². The van der Waals surface area contributed by atoms with Crippen LogP contribution in [-0.2, 0) is 19.1 Å². The smallest absolute Gasteiger partial charge is 0.229 e. The normalized spacial score (nSPS) is 49.1. The van der Waals surface area contributed by atoms with Crippen LogP contribution >= 0.6 is 0 Å². The summed E-state index contributed by atoms with van der Waals surface area (Å²) < 4.78 is 6.98. The van der Waals surface area contributed by atoms with Crippen LogP contribution in [0.1, 0.15) is 105 Å². The third-order valence-electron chi connectivity index (χ3n) is 14.8. The standard InChI is InChI=1S/C36H58N4O4/c1-21-8-13-36(37-20-21)22(2)33-29(44-36)17-28-26-7-6-23-16-25(9-12-34(23,3)27(26)18-30(41)35(28,33)4)39-32(43)19-31(42)38-24-10-14-40(5)15-11-24/h21-29,33,37H,6-20H2,1-5H3,(H,38,42)(H,39,43)/t21-,22+,23+,25?,26-,27+,28+,29+,33+,34+,35-,36-/m1/s1. The van der Waals surface area contributed by atoms with Gasteiger partial charge in [-0.15, -0.1) is 0 Å². The summed E-state index contributed by atoms with van der Waals surface area (Å²) >= 11 is 0. The molecule has 8 heteroatoms. The number of likely N-dealkylation sites (tertiary alicyclic amines) is 1. The SMILES string of the molecule is C[C@@H]1CC[C@@]2(NC1)O[C@H]1C[C@H]3[C@@H]4CC[C@H]5CC(NC(=O)CC(=O)NC6CCN(C)CC6)CC[C@]5(C)[C@H]4CC(=O)[C@]3(C)[C@H]1[C@@H]2C. The predicted octanol–water partition coefficient (Wildman–Crippen LogP) is 4.27. The van der Waals surface area contributed by atoms with E-state index in [1.807, 2.05) is 0 Å². The van der Waals surface area contributed by atoms with Crippen molar-refractivity contribution in [1.29, 1.82) is 0 Å². The van der Waals surface area contributed by atoms with Gasteiger partial charge in [0.15, 0.2) is 0 Å². The Balaban J connectivity index is 0.973. The van der Waals surface area contributed by atoms with Crippen molar-refractivity contribution in [2.45, 2.75) is 129 Å². The van der Waals surface area contributed by atoms with Gasteiger partial charge >= 0.3 is 0 Å². The molecule has 12 atom stereocenters. The number of piperidine rings is 2. The molecule has 246 valence electrons. The van der Waals surface area contributed by atoms with Crippen LogP contribution in [0.4, 0.5) is 0 Å². The third-order valence-corrected chi connectivity index (χ3v) is 14.8. The van der Waals surface area contributed by atoms with Gasteiger partial charge in [-0.2, -0.15) is 0 Å². The van der Waals surface area contributed by atoms with Gasteiger partial charge in [-0.25, -0.2) is 0 Å². The number of hydrogen-bond acceptors (Lipinski definition) is 6. The van der Waals surface area contributed by atoms with Crippen LogP contribution in [0.5, 0.6) is 0 Å². The van der Waals surface area contributed by atoms with Gasteiger partial charge in [0.2, 0.25) is 11.8 Å². The average molecular weight is 611 g/mol. The largest absolute Gasteiger partial charge is 0.357 e. The Morgan fingerprint density at radius 3 is 2.36 bits per heavy atom. The molecular weight excluding hydrogens is 552 g/mol. The molecule has 0 radical (unpaired) electrons. The Bertz CT molecular complexity index is 1140. The molecule has 3 N–H and O–H groups in total. The number of ether oxygens (including phenoxy) is 1. The van der Waals surface area contributed by atoms with Crippen molar-refractivity contribution in [3.05, 3.63) is 0 Å². The van der Waals surface area contributed by atoms with Crippen molar-refractivity contribution < 1.29 is 19.1 Å². The highest BCUT2D eigenvalue weighted by atomic mass is 16.5. The summed E-state index contributed by atoms with van der Waals surface area (Å²) in [4.78, 5) is 42.1. The van der Waals surface area contributed by atoms with Crippen molar-refractivity contribution in [1.82, 2.24) is 20.9 Å². The fourth-order valence-electron chi connectivity index (χ4n) is 12.1. The number of Topliss-reactive ketones (excluding diaryl/α,β-unsaturated/α-hetero) is 1. The Morgan fingerprint density at radius 2 is 1.66 bits per heavy atom. The number of nitrogens with zero attached hydrogens (tertiary/aromatic N) is 1. The van der Waals surface area contributed by atoms with Crippen molar-refractivity contribution >= 4 is 17.6 Å². The molecule has 4 aliphatic carbocycles. The van der Waals surface area contributed by atoms with E-state index in [9.17, 15) is 14.4 Å². The number of fused-ring (bicyclic) bond motifs is 7. The summed E-state index contributed by atoms with van der Waals surface area (Å²) in [6.07, 6.45) is 11.3. The molecule has 0 aromatic carbocycles. The Labute approximate surface area is 264 Å². The summed E-state index contributed by atoms with van der Waals surface area (Å²) in [5, 5.41) is 10.1. The van der Waals surface area contributed by atoms with E-state index in [1.165, 1.54) is 19.3 Å². The second-order valence-electron chi connectivity index (χ2n) is 17.0. The topological polar surface area (TPSA) is 99.8 Å². The fraction of sp³-hybridized carbons (Fsp3) is 0.917. The number of carbonyl (C=O) groups excluding carboxylic acids is 3. The molecule has 7 fully saturated rings. The molecule has 4 saturated carbocycles. The molecule has 3 heterocycles. The van der Waals surface area contributed by atoms with Crippen LogP contribution in [0, 0.1) is 52.3 Å². The van der Waals surface area contributed by atoms with Gasteiger partial charge in [0.25, 0.3) is 0 Å². The first-order valence-electron chi connectivity index (χ1n) is 18.2. The lowest BCUT2D eigenvalue weighted by Crippen LogP contribution is -2.60. The van der Waals surface area contributed by atoms with Gasteiger partial charge in [-0.3, -0.25) is 19.7 Å². The van der Waals surface area contributed by atoms with E-state index in [2.05, 4.69) is 55.6 Å². The molecule has 8 nitrogen and oxygen atoms in total. The van der Waals surface area contributed by atoms with Gasteiger partial charge in [0.1, 0.15) is 17.9 Å². The minimum atomic E-state index is -0.276. The minimum Gasteiger partial charge on any atom is -0.357 e. The van der Waals surface area contributed by atoms with E-state index in [0.29, 0.717) is 53.6 Å². The summed E-state index contributed by atoms with van der Waals surface area (Å²) in [7, 11) is 2.11. The zero-order chi connectivity index (χ0) is 31.0. The van der Waals surface area contributed by atoms with Crippen LogP contribution in [0.3, 0.4) is 0 Å². The monoisotopic (exact) mass is 610 g/mol. The highest BCUT2D eigenvalue weighted by Gasteiger charge is 2.71. The number of rotatable bonds is 4. The molecule has 44 heavy (non-hydrogen) atoms. The number of hydrogen-bond donors (Lipinski definition) is 3. The number of carbonyl (C=O) groups is 3. The molecular formula is C36H58N4O4. The molecule has 1 unspecified atom stereocenters. The molecule has 0 aromatic rings. The maximum absolute atomic E-state index is 14.4. The fourth-order valence-corrected chi connectivity index (χ4v) is 12.1. The van der Waals surface area contributed by atoms with Gasteiger partial charge in [0, 0.05) is 42.3 Å². The molecule has 7 rings (SSSR count). The number of nitrogens with one attached hydrogen (secondary N) is 3. The van der Waals surface area contributed by atoms with Gasteiger partial charge in [-0.1, -0.05) is 27.7 Å². The molecule has 2 amide bonds. The van der Waals surface area contributed by atoms with Gasteiger partial charge < -0.3 is 20.3 Å². The average Bonchev–Trinajstić information content (AvgIpc) is 3.43. The zero-order valence-corrected chi connectivity index (χ0v) is 28.0. The molecule has 7 aliphatic rings. The van der Waals surface area contributed by atoms with E-state index < -0.39 is 0 Å². The Hall–Kier alpha value is -1.51.